The molecule has 0 aliphatic heterocycles. The van der Waals surface area contributed by atoms with Crippen LogP contribution in [0.4, 0.5) is 8.78 Å². The molecule has 0 saturated heterocycles. The van der Waals surface area contributed by atoms with Gasteiger partial charge in [0.25, 0.3) is 5.91 Å². The van der Waals surface area contributed by atoms with Gasteiger partial charge in [0.15, 0.2) is 0 Å². The molecule has 1 aliphatic rings. The summed E-state index contributed by atoms with van der Waals surface area (Å²) in [6.07, 6.45) is 0.559. The van der Waals surface area contributed by atoms with E-state index in [0.29, 0.717) is 5.39 Å². The summed E-state index contributed by atoms with van der Waals surface area (Å²) in [4.78, 5) is 17.6. The van der Waals surface area contributed by atoms with Crippen molar-refractivity contribution in [1.82, 2.24) is 10.3 Å². The van der Waals surface area contributed by atoms with Gasteiger partial charge in [-0.2, -0.15) is 0 Å². The molecule has 2 aromatic carbocycles. The third-order valence-electron chi connectivity index (χ3n) is 6.51. The van der Waals surface area contributed by atoms with E-state index in [1.807, 2.05) is 62.4 Å². The molecule has 3 aromatic rings. The Morgan fingerprint density at radius 3 is 2.48 bits per heavy atom. The number of aromatic nitrogens is 1. The molecule has 4 nitrogen and oxygen atoms in total. The van der Waals surface area contributed by atoms with Crippen LogP contribution >= 0.6 is 0 Å². The number of aliphatic hydroxyl groups is 1. The van der Waals surface area contributed by atoms with Crippen LogP contribution < -0.4 is 5.32 Å². The highest BCUT2D eigenvalue weighted by molar-refractivity contribution is 6.05. The summed E-state index contributed by atoms with van der Waals surface area (Å²) < 4.78 is 27.7. The predicted molar refractivity (Wildman–Crippen MR) is 116 cm³/mol. The van der Waals surface area contributed by atoms with Gasteiger partial charge in [-0.3, -0.25) is 9.78 Å². The summed E-state index contributed by atoms with van der Waals surface area (Å²) in [6.45, 7) is 3.86. The van der Waals surface area contributed by atoms with Crippen molar-refractivity contribution in [3.63, 3.8) is 0 Å². The SMILES string of the molecule is Cc1cccc(C(NC(=O)c2nccc3ccccc23)C2(O)CCC(F)(F)CC2)c1C. The number of nitrogens with zero attached hydrogens (tertiary/aromatic N) is 1. The molecule has 1 fully saturated rings. The fourth-order valence-electron chi connectivity index (χ4n) is 4.43. The summed E-state index contributed by atoms with van der Waals surface area (Å²) in [6, 6.07) is 14.1. The molecule has 1 heterocycles. The number of fused-ring (bicyclic) bond motifs is 1. The molecule has 1 atom stereocenters. The first-order valence-electron chi connectivity index (χ1n) is 10.5. The fourth-order valence-corrected chi connectivity index (χ4v) is 4.43. The van der Waals surface area contributed by atoms with Crippen LogP contribution in [-0.2, 0) is 0 Å². The first kappa shape index (κ1) is 21.4. The number of halogens is 2. The minimum absolute atomic E-state index is 0.0959. The quantitative estimate of drug-likeness (QED) is 0.600. The molecule has 4 rings (SSSR count). The first-order valence-corrected chi connectivity index (χ1v) is 10.5. The molecule has 6 heteroatoms. The summed E-state index contributed by atoms with van der Waals surface area (Å²) in [5.41, 5.74) is 1.44. The zero-order valence-corrected chi connectivity index (χ0v) is 17.7. The van der Waals surface area contributed by atoms with Gasteiger partial charge in [0.2, 0.25) is 5.92 Å². The maximum atomic E-state index is 13.9. The second-order valence-corrected chi connectivity index (χ2v) is 8.54. The number of nitrogens with one attached hydrogen (secondary N) is 1. The molecule has 162 valence electrons. The standard InChI is InChI=1S/C25H26F2N2O2/c1-16-6-5-9-19(17(16)2)22(24(31)11-13-25(26,27)14-12-24)29-23(30)21-20-8-4-3-7-18(20)10-15-28-21/h3-10,15,22,31H,11-14H2,1-2H3,(H,29,30). The molecule has 1 amide bonds. The number of alkyl halides is 2. The maximum Gasteiger partial charge on any atom is 0.271 e. The first-order chi connectivity index (χ1) is 14.7. The van der Waals surface area contributed by atoms with Crippen LogP contribution in [0.25, 0.3) is 10.8 Å². The van der Waals surface area contributed by atoms with E-state index in [9.17, 15) is 18.7 Å². The lowest BCUT2D eigenvalue weighted by molar-refractivity contribution is -0.116. The minimum atomic E-state index is -2.79. The third kappa shape index (κ3) is 4.17. The number of carbonyl (C=O) groups excluding carboxylic acids is 1. The van der Waals surface area contributed by atoms with Gasteiger partial charge in [0, 0.05) is 24.4 Å². The number of hydrogen-bond donors (Lipinski definition) is 2. The van der Waals surface area contributed by atoms with E-state index >= 15 is 0 Å². The third-order valence-corrected chi connectivity index (χ3v) is 6.51. The highest BCUT2D eigenvalue weighted by Gasteiger charge is 2.48. The largest absolute Gasteiger partial charge is 0.387 e. The molecule has 1 unspecified atom stereocenters. The van der Waals surface area contributed by atoms with Crippen molar-refractivity contribution >= 4 is 16.7 Å². The molecule has 2 N–H and O–H groups in total. The Hall–Kier alpha value is -2.86. The van der Waals surface area contributed by atoms with Crippen molar-refractivity contribution < 1.29 is 18.7 Å². The predicted octanol–water partition coefficient (Wildman–Crippen LogP) is 5.26. The normalized spacial score (nSPS) is 18.5. The Kier molecular flexibility index (Phi) is 5.52. The topological polar surface area (TPSA) is 62.2 Å². The average molecular weight is 424 g/mol. The van der Waals surface area contributed by atoms with Crippen LogP contribution in [0.15, 0.2) is 54.7 Å². The lowest BCUT2D eigenvalue weighted by Crippen LogP contribution is -2.50. The van der Waals surface area contributed by atoms with E-state index in [1.54, 1.807) is 6.20 Å². The van der Waals surface area contributed by atoms with E-state index in [2.05, 4.69) is 10.3 Å². The summed E-state index contributed by atoms with van der Waals surface area (Å²) in [7, 11) is 0. The lowest BCUT2D eigenvalue weighted by Gasteiger charge is -2.42. The number of pyridine rings is 1. The van der Waals surface area contributed by atoms with Gasteiger partial charge in [-0.25, -0.2) is 8.78 Å². The van der Waals surface area contributed by atoms with Crippen molar-refractivity contribution in [2.75, 3.05) is 0 Å². The number of hydrogen-bond acceptors (Lipinski definition) is 3. The summed E-state index contributed by atoms with van der Waals surface area (Å²) >= 11 is 0. The molecule has 1 aromatic heterocycles. The number of carbonyl (C=O) groups is 1. The minimum Gasteiger partial charge on any atom is -0.387 e. The van der Waals surface area contributed by atoms with Crippen molar-refractivity contribution in [3.8, 4) is 0 Å². The average Bonchev–Trinajstić information content (AvgIpc) is 2.76. The van der Waals surface area contributed by atoms with Gasteiger partial charge in [0.1, 0.15) is 5.69 Å². The van der Waals surface area contributed by atoms with Crippen LogP contribution in [-0.4, -0.2) is 27.5 Å². The Bertz CT molecular complexity index is 1110. The zero-order valence-electron chi connectivity index (χ0n) is 17.7. The van der Waals surface area contributed by atoms with Gasteiger partial charge in [-0.15, -0.1) is 0 Å². The van der Waals surface area contributed by atoms with Crippen molar-refractivity contribution in [2.45, 2.75) is 57.1 Å². The second-order valence-electron chi connectivity index (χ2n) is 8.54. The molecule has 1 aliphatic carbocycles. The van der Waals surface area contributed by atoms with Gasteiger partial charge in [0.05, 0.1) is 11.6 Å². The molecular weight excluding hydrogens is 398 g/mol. The van der Waals surface area contributed by atoms with Crippen molar-refractivity contribution in [2.24, 2.45) is 0 Å². The van der Waals surface area contributed by atoms with Crippen LogP contribution in [0.5, 0.6) is 0 Å². The van der Waals surface area contributed by atoms with E-state index in [4.69, 9.17) is 0 Å². The molecule has 0 spiro atoms. The van der Waals surface area contributed by atoms with E-state index in [-0.39, 0.29) is 18.5 Å². The van der Waals surface area contributed by atoms with Gasteiger partial charge < -0.3 is 10.4 Å². The van der Waals surface area contributed by atoms with E-state index < -0.39 is 36.3 Å². The highest BCUT2D eigenvalue weighted by atomic mass is 19.3. The van der Waals surface area contributed by atoms with Gasteiger partial charge in [-0.1, -0.05) is 42.5 Å². The van der Waals surface area contributed by atoms with Crippen LogP contribution in [0, 0.1) is 13.8 Å². The smallest absolute Gasteiger partial charge is 0.271 e. The maximum absolute atomic E-state index is 13.9. The number of rotatable bonds is 4. The van der Waals surface area contributed by atoms with Crippen molar-refractivity contribution in [3.05, 3.63) is 77.1 Å². The number of amides is 1. The molecule has 0 bridgehead atoms. The summed E-state index contributed by atoms with van der Waals surface area (Å²) in [5.74, 6) is -3.23. The molecule has 0 radical (unpaired) electrons. The Morgan fingerprint density at radius 1 is 1.03 bits per heavy atom. The molecular formula is C25H26F2N2O2. The van der Waals surface area contributed by atoms with Crippen LogP contribution in [0.2, 0.25) is 0 Å². The van der Waals surface area contributed by atoms with Gasteiger partial charge in [-0.05, 0) is 54.8 Å². The van der Waals surface area contributed by atoms with E-state index in [0.717, 1.165) is 22.1 Å². The lowest BCUT2D eigenvalue weighted by atomic mass is 9.74. The number of benzene rings is 2. The monoisotopic (exact) mass is 424 g/mol. The number of aryl methyl sites for hydroxylation is 1. The van der Waals surface area contributed by atoms with Gasteiger partial charge >= 0.3 is 0 Å². The van der Waals surface area contributed by atoms with Crippen LogP contribution in [0.3, 0.4) is 0 Å². The molecule has 1 saturated carbocycles. The van der Waals surface area contributed by atoms with Crippen molar-refractivity contribution in [1.29, 1.82) is 0 Å². The van der Waals surface area contributed by atoms with Crippen LogP contribution in [0.1, 0.15) is 58.9 Å². The Morgan fingerprint density at radius 2 is 1.74 bits per heavy atom. The highest BCUT2D eigenvalue weighted by Crippen LogP contribution is 2.45. The Balaban J connectivity index is 1.74. The van der Waals surface area contributed by atoms with E-state index in [1.165, 1.54) is 0 Å². The second kappa shape index (κ2) is 8.00. The summed E-state index contributed by atoms with van der Waals surface area (Å²) in [5, 5.41) is 16.0. The fraction of sp³-hybridized carbons (Fsp3) is 0.360. The zero-order chi connectivity index (χ0) is 22.2. The molecule has 31 heavy (non-hydrogen) atoms. The Labute approximate surface area is 180 Å².